The highest BCUT2D eigenvalue weighted by Gasteiger charge is 2.32. The molecule has 4 rings (SSSR count). The zero-order valence-corrected chi connectivity index (χ0v) is 15.4. The first kappa shape index (κ1) is 16.4. The molecule has 1 N–H and O–H groups in total. The summed E-state index contributed by atoms with van der Waals surface area (Å²) in [6.07, 6.45) is 1.94. The van der Waals surface area contributed by atoms with Crippen LogP contribution in [0.4, 0.5) is 10.5 Å². The van der Waals surface area contributed by atoms with Gasteiger partial charge in [0.25, 0.3) is 0 Å². The zero-order chi connectivity index (χ0) is 17.4. The summed E-state index contributed by atoms with van der Waals surface area (Å²) in [5.41, 5.74) is 2.75. The SMILES string of the molecule is Cc1cc(Cl)ccc1NC(=O)N1CCCC1c1nc2ccccc2s1. The second-order valence-electron chi connectivity index (χ2n) is 6.26. The first-order chi connectivity index (χ1) is 12.1. The Hall–Kier alpha value is -2.11. The summed E-state index contributed by atoms with van der Waals surface area (Å²) >= 11 is 7.67. The van der Waals surface area contributed by atoms with Crippen LogP contribution in [0.25, 0.3) is 10.2 Å². The number of thiazole rings is 1. The van der Waals surface area contributed by atoms with Gasteiger partial charge in [0, 0.05) is 17.3 Å². The normalized spacial score (nSPS) is 17.2. The molecule has 1 fully saturated rings. The molecule has 1 aromatic heterocycles. The van der Waals surface area contributed by atoms with Gasteiger partial charge in [-0.2, -0.15) is 0 Å². The molecule has 1 aliphatic heterocycles. The molecule has 4 nitrogen and oxygen atoms in total. The molecule has 0 bridgehead atoms. The smallest absolute Gasteiger partial charge is 0.315 e. The van der Waals surface area contributed by atoms with Crippen molar-refractivity contribution < 1.29 is 4.79 Å². The summed E-state index contributed by atoms with van der Waals surface area (Å²) in [6.45, 7) is 2.69. The quantitative estimate of drug-likeness (QED) is 0.634. The molecule has 128 valence electrons. The van der Waals surface area contributed by atoms with Crippen LogP contribution in [0.3, 0.4) is 0 Å². The minimum atomic E-state index is -0.0767. The molecular formula is C19H18ClN3OS. The van der Waals surface area contributed by atoms with E-state index in [1.54, 1.807) is 17.4 Å². The fourth-order valence-corrected chi connectivity index (χ4v) is 4.60. The number of hydrogen-bond donors (Lipinski definition) is 1. The van der Waals surface area contributed by atoms with Crippen LogP contribution in [-0.2, 0) is 0 Å². The number of carbonyl (C=O) groups is 1. The van der Waals surface area contributed by atoms with E-state index < -0.39 is 0 Å². The molecule has 1 atom stereocenters. The molecule has 25 heavy (non-hydrogen) atoms. The lowest BCUT2D eigenvalue weighted by atomic mass is 10.2. The number of aryl methyl sites for hydroxylation is 1. The van der Waals surface area contributed by atoms with Crippen molar-refractivity contribution in [1.82, 2.24) is 9.88 Å². The van der Waals surface area contributed by atoms with E-state index in [0.29, 0.717) is 5.02 Å². The molecular weight excluding hydrogens is 354 g/mol. The monoisotopic (exact) mass is 371 g/mol. The summed E-state index contributed by atoms with van der Waals surface area (Å²) in [5, 5.41) is 4.70. The fraction of sp³-hybridized carbons (Fsp3) is 0.263. The van der Waals surface area contributed by atoms with Crippen LogP contribution in [0.2, 0.25) is 5.02 Å². The first-order valence-electron chi connectivity index (χ1n) is 8.31. The second-order valence-corrected chi connectivity index (χ2v) is 7.76. The molecule has 1 unspecified atom stereocenters. The molecule has 0 radical (unpaired) electrons. The number of rotatable bonds is 2. The fourth-order valence-electron chi connectivity index (χ4n) is 3.25. The van der Waals surface area contributed by atoms with Crippen LogP contribution < -0.4 is 5.32 Å². The summed E-state index contributed by atoms with van der Waals surface area (Å²) in [4.78, 5) is 19.4. The number of para-hydroxylation sites is 1. The molecule has 1 saturated heterocycles. The maximum atomic E-state index is 12.8. The van der Waals surface area contributed by atoms with Gasteiger partial charge in [-0.1, -0.05) is 23.7 Å². The molecule has 2 aromatic carbocycles. The molecule has 1 aliphatic rings. The van der Waals surface area contributed by atoms with Crippen LogP contribution in [0, 0.1) is 6.92 Å². The van der Waals surface area contributed by atoms with Crippen molar-refractivity contribution in [2.45, 2.75) is 25.8 Å². The third-order valence-electron chi connectivity index (χ3n) is 4.54. The van der Waals surface area contributed by atoms with Crippen molar-refractivity contribution >= 4 is 44.9 Å². The molecule has 2 heterocycles. The van der Waals surface area contributed by atoms with Gasteiger partial charge in [0.15, 0.2) is 0 Å². The van der Waals surface area contributed by atoms with Gasteiger partial charge in [0.05, 0.1) is 16.3 Å². The van der Waals surface area contributed by atoms with Crippen LogP contribution >= 0.6 is 22.9 Å². The van der Waals surface area contributed by atoms with Gasteiger partial charge in [-0.15, -0.1) is 11.3 Å². The van der Waals surface area contributed by atoms with Gasteiger partial charge in [-0.05, 0) is 55.7 Å². The largest absolute Gasteiger partial charge is 0.322 e. The van der Waals surface area contributed by atoms with Gasteiger partial charge < -0.3 is 10.2 Å². The van der Waals surface area contributed by atoms with E-state index in [9.17, 15) is 4.79 Å². The van der Waals surface area contributed by atoms with Gasteiger partial charge in [-0.3, -0.25) is 0 Å². The molecule has 6 heteroatoms. The van der Waals surface area contributed by atoms with Crippen LogP contribution in [0.15, 0.2) is 42.5 Å². The number of nitrogens with one attached hydrogen (secondary N) is 1. The van der Waals surface area contributed by atoms with Crippen molar-refractivity contribution in [3.8, 4) is 0 Å². The van der Waals surface area contributed by atoms with E-state index in [1.807, 2.05) is 42.2 Å². The van der Waals surface area contributed by atoms with Gasteiger partial charge in [-0.25, -0.2) is 9.78 Å². The van der Waals surface area contributed by atoms with Gasteiger partial charge >= 0.3 is 6.03 Å². The Bertz CT molecular complexity index is 906. The molecule has 0 spiro atoms. The number of anilines is 1. The highest BCUT2D eigenvalue weighted by atomic mass is 35.5. The van der Waals surface area contributed by atoms with Crippen LogP contribution in [-0.4, -0.2) is 22.5 Å². The molecule has 0 aliphatic carbocycles. The molecule has 3 aromatic rings. The Kier molecular flexibility index (Phi) is 4.36. The third kappa shape index (κ3) is 3.22. The number of likely N-dealkylation sites (tertiary alicyclic amines) is 1. The number of amides is 2. The molecule has 0 saturated carbocycles. The lowest BCUT2D eigenvalue weighted by molar-refractivity contribution is 0.207. The number of fused-ring (bicyclic) bond motifs is 1. The first-order valence-corrected chi connectivity index (χ1v) is 9.50. The lowest BCUT2D eigenvalue weighted by Gasteiger charge is -2.24. The maximum absolute atomic E-state index is 12.8. The zero-order valence-electron chi connectivity index (χ0n) is 13.8. The van der Waals surface area contributed by atoms with E-state index in [4.69, 9.17) is 16.6 Å². The number of benzene rings is 2. The van der Waals surface area contributed by atoms with E-state index in [1.165, 1.54) is 4.70 Å². The van der Waals surface area contributed by atoms with Crippen molar-refractivity contribution in [2.75, 3.05) is 11.9 Å². The van der Waals surface area contributed by atoms with E-state index in [2.05, 4.69) is 11.4 Å². The topological polar surface area (TPSA) is 45.2 Å². The Morgan fingerprint density at radius 3 is 2.96 bits per heavy atom. The predicted octanol–water partition coefficient (Wildman–Crippen LogP) is 5.63. The number of nitrogens with zero attached hydrogens (tertiary/aromatic N) is 2. The van der Waals surface area contributed by atoms with Gasteiger partial charge in [0.2, 0.25) is 0 Å². The van der Waals surface area contributed by atoms with Crippen LogP contribution in [0.5, 0.6) is 0 Å². The van der Waals surface area contributed by atoms with E-state index in [-0.39, 0.29) is 12.1 Å². The number of hydrogen-bond acceptors (Lipinski definition) is 3. The molecule has 2 amide bonds. The average molecular weight is 372 g/mol. The summed E-state index contributed by atoms with van der Waals surface area (Å²) in [5.74, 6) is 0. The lowest BCUT2D eigenvalue weighted by Crippen LogP contribution is -2.34. The van der Waals surface area contributed by atoms with Crippen molar-refractivity contribution in [1.29, 1.82) is 0 Å². The predicted molar refractivity (Wildman–Crippen MR) is 104 cm³/mol. The Balaban J connectivity index is 1.57. The number of carbonyl (C=O) groups excluding carboxylic acids is 1. The third-order valence-corrected chi connectivity index (χ3v) is 5.91. The minimum absolute atomic E-state index is 0.0463. The summed E-state index contributed by atoms with van der Waals surface area (Å²) in [7, 11) is 0. The second kappa shape index (κ2) is 6.65. The summed E-state index contributed by atoms with van der Waals surface area (Å²) in [6, 6.07) is 13.6. The average Bonchev–Trinajstić information content (AvgIpc) is 3.23. The van der Waals surface area contributed by atoms with Crippen molar-refractivity contribution in [3.63, 3.8) is 0 Å². The highest BCUT2D eigenvalue weighted by Crippen LogP contribution is 2.36. The Labute approximate surface area is 155 Å². The Morgan fingerprint density at radius 2 is 2.16 bits per heavy atom. The van der Waals surface area contributed by atoms with Gasteiger partial charge in [0.1, 0.15) is 5.01 Å². The number of halogens is 1. The summed E-state index contributed by atoms with van der Waals surface area (Å²) < 4.78 is 1.17. The number of aromatic nitrogens is 1. The van der Waals surface area contributed by atoms with E-state index in [0.717, 1.165) is 41.2 Å². The van der Waals surface area contributed by atoms with E-state index >= 15 is 0 Å². The number of urea groups is 1. The minimum Gasteiger partial charge on any atom is -0.315 e. The van der Waals surface area contributed by atoms with Crippen LogP contribution in [0.1, 0.15) is 29.5 Å². The highest BCUT2D eigenvalue weighted by molar-refractivity contribution is 7.18. The Morgan fingerprint density at radius 1 is 1.32 bits per heavy atom. The van der Waals surface area contributed by atoms with Crippen molar-refractivity contribution in [2.24, 2.45) is 0 Å². The maximum Gasteiger partial charge on any atom is 0.322 e. The standard InChI is InChI=1S/C19H18ClN3OS/c1-12-11-13(20)8-9-14(12)22-19(24)23-10-4-6-16(23)18-21-15-5-2-3-7-17(15)25-18/h2-3,5,7-9,11,16H,4,6,10H2,1H3,(H,22,24). The van der Waals surface area contributed by atoms with Crippen molar-refractivity contribution in [3.05, 3.63) is 58.1 Å².